The Labute approximate surface area is 167 Å². The number of fused-ring (bicyclic) bond motifs is 2. The van der Waals surface area contributed by atoms with Gasteiger partial charge in [-0.1, -0.05) is 31.5 Å². The smallest absolute Gasteiger partial charge is 0.261 e. The van der Waals surface area contributed by atoms with Gasteiger partial charge in [-0.25, -0.2) is 4.98 Å². The van der Waals surface area contributed by atoms with Crippen molar-refractivity contribution < 1.29 is 14.4 Å². The number of hydrogen-bond donors (Lipinski definition) is 1. The maximum Gasteiger partial charge on any atom is 0.261 e. The summed E-state index contributed by atoms with van der Waals surface area (Å²) in [6, 6.07) is 13.6. The summed E-state index contributed by atoms with van der Waals surface area (Å²) in [5.41, 5.74) is 2.10. The van der Waals surface area contributed by atoms with Crippen molar-refractivity contribution >= 4 is 28.6 Å². The van der Waals surface area contributed by atoms with E-state index in [1.165, 1.54) is 23.1 Å². The molecule has 1 aliphatic heterocycles. The number of nitrogens with one attached hydrogen (secondary N) is 1. The average Bonchev–Trinajstić information content (AvgIpc) is 3.26. The number of carbonyl (C=O) groups is 3. The van der Waals surface area contributed by atoms with Crippen LogP contribution >= 0.6 is 0 Å². The molecule has 0 saturated carbocycles. The maximum absolute atomic E-state index is 13.0. The molecule has 2 aromatic carbocycles. The van der Waals surface area contributed by atoms with Crippen molar-refractivity contribution in [1.29, 1.82) is 5.26 Å². The first-order valence-electron chi connectivity index (χ1n) is 9.44. The molecule has 3 aromatic rings. The van der Waals surface area contributed by atoms with Crippen LogP contribution in [0.2, 0.25) is 0 Å². The van der Waals surface area contributed by atoms with Crippen LogP contribution in [0.4, 0.5) is 0 Å². The Morgan fingerprint density at radius 3 is 2.66 bits per heavy atom. The highest BCUT2D eigenvalue weighted by Crippen LogP contribution is 2.27. The Balaban J connectivity index is 1.66. The van der Waals surface area contributed by atoms with Gasteiger partial charge in [0.1, 0.15) is 5.82 Å². The highest BCUT2D eigenvalue weighted by molar-refractivity contribution is 6.22. The van der Waals surface area contributed by atoms with Crippen LogP contribution in [0.25, 0.3) is 11.0 Å². The number of benzene rings is 2. The molecule has 1 aromatic heterocycles. The third kappa shape index (κ3) is 3.09. The first-order valence-corrected chi connectivity index (χ1v) is 9.44. The lowest BCUT2D eigenvalue weighted by molar-refractivity contribution is 0.0652. The lowest BCUT2D eigenvalue weighted by Crippen LogP contribution is -2.30. The third-order valence-electron chi connectivity index (χ3n) is 5.06. The van der Waals surface area contributed by atoms with Crippen LogP contribution in [-0.4, -0.2) is 39.0 Å². The average molecular weight is 386 g/mol. The number of nitriles is 1. The standard InChI is InChI=1S/C22H18N4O3/c1-2-3-10-26-21(28)14-9-8-13(11-15(14)22(26)29)19(27)16(12-23)20-24-17-6-4-5-7-18(17)25-20/h4-9,11,16H,2-3,10H2,1H3,(H,24,25). The summed E-state index contributed by atoms with van der Waals surface area (Å²) in [5.74, 6) is -2.09. The molecular formula is C22H18N4O3. The third-order valence-corrected chi connectivity index (χ3v) is 5.06. The van der Waals surface area contributed by atoms with Crippen molar-refractivity contribution in [3.63, 3.8) is 0 Å². The van der Waals surface area contributed by atoms with Crippen LogP contribution in [0.1, 0.15) is 62.6 Å². The second-order valence-corrected chi connectivity index (χ2v) is 6.94. The second kappa shape index (κ2) is 7.32. The van der Waals surface area contributed by atoms with E-state index in [4.69, 9.17) is 0 Å². The molecule has 29 heavy (non-hydrogen) atoms. The van der Waals surface area contributed by atoms with Crippen LogP contribution in [0.5, 0.6) is 0 Å². The number of carbonyl (C=O) groups excluding carboxylic acids is 3. The van der Waals surface area contributed by atoms with Crippen LogP contribution in [0.15, 0.2) is 42.5 Å². The van der Waals surface area contributed by atoms with Gasteiger partial charge in [0.15, 0.2) is 11.7 Å². The fourth-order valence-electron chi connectivity index (χ4n) is 3.48. The number of H-pyrrole nitrogens is 1. The van der Waals surface area contributed by atoms with E-state index in [0.29, 0.717) is 17.6 Å². The van der Waals surface area contributed by atoms with Crippen molar-refractivity contribution in [3.8, 4) is 6.07 Å². The molecule has 2 heterocycles. The highest BCUT2D eigenvalue weighted by atomic mass is 16.2. The first kappa shape index (κ1) is 18.6. The van der Waals surface area contributed by atoms with Crippen LogP contribution < -0.4 is 0 Å². The van der Waals surface area contributed by atoms with E-state index in [1.807, 2.05) is 31.2 Å². The van der Waals surface area contributed by atoms with Crippen LogP contribution in [-0.2, 0) is 0 Å². The van der Waals surface area contributed by atoms with Crippen LogP contribution in [0, 0.1) is 11.3 Å². The van der Waals surface area contributed by atoms with Crippen molar-refractivity contribution in [1.82, 2.24) is 14.9 Å². The van der Waals surface area contributed by atoms with Gasteiger partial charge in [-0.15, -0.1) is 0 Å². The number of aromatic nitrogens is 2. The Morgan fingerprint density at radius 1 is 1.17 bits per heavy atom. The Morgan fingerprint density at radius 2 is 1.93 bits per heavy atom. The molecule has 2 amide bonds. The molecule has 0 radical (unpaired) electrons. The van der Waals surface area contributed by atoms with Crippen molar-refractivity contribution in [3.05, 3.63) is 65.0 Å². The number of amides is 2. The van der Waals surface area contributed by atoms with Gasteiger partial charge in [-0.3, -0.25) is 19.3 Å². The van der Waals surface area contributed by atoms with Crippen molar-refractivity contribution in [2.75, 3.05) is 6.54 Å². The molecule has 1 unspecified atom stereocenters. The molecule has 0 bridgehead atoms. The van der Waals surface area contributed by atoms with Gasteiger partial charge < -0.3 is 4.98 Å². The highest BCUT2D eigenvalue weighted by Gasteiger charge is 2.36. The predicted octanol–water partition coefficient (Wildman–Crippen LogP) is 3.45. The van der Waals surface area contributed by atoms with E-state index < -0.39 is 17.6 Å². The lowest BCUT2D eigenvalue weighted by Gasteiger charge is -2.12. The minimum Gasteiger partial charge on any atom is -0.340 e. The summed E-state index contributed by atoms with van der Waals surface area (Å²) in [6.07, 6.45) is 1.58. The number of Topliss-reactive ketones (excluding diaryl/α,β-unsaturated/α-hetero) is 1. The van der Waals surface area contributed by atoms with E-state index in [2.05, 4.69) is 9.97 Å². The van der Waals surface area contributed by atoms with Crippen LogP contribution in [0.3, 0.4) is 0 Å². The summed E-state index contributed by atoms with van der Waals surface area (Å²) in [6.45, 7) is 2.33. The summed E-state index contributed by atoms with van der Waals surface area (Å²) in [5, 5.41) is 9.60. The maximum atomic E-state index is 13.0. The van der Waals surface area contributed by atoms with E-state index in [-0.39, 0.29) is 22.9 Å². The zero-order valence-corrected chi connectivity index (χ0v) is 15.8. The Kier molecular flexibility index (Phi) is 4.69. The fraction of sp³-hybridized carbons (Fsp3) is 0.227. The predicted molar refractivity (Wildman–Crippen MR) is 105 cm³/mol. The topological polar surface area (TPSA) is 107 Å². The SMILES string of the molecule is CCCCN1C(=O)c2ccc(C(=O)C(C#N)c3nc4ccccc4[nH]3)cc2C1=O. The molecule has 1 atom stereocenters. The first-order chi connectivity index (χ1) is 14.0. The molecule has 0 fully saturated rings. The Bertz CT molecular complexity index is 1160. The quantitative estimate of drug-likeness (QED) is 0.516. The number of rotatable bonds is 6. The molecule has 144 valence electrons. The van der Waals surface area contributed by atoms with E-state index >= 15 is 0 Å². The summed E-state index contributed by atoms with van der Waals surface area (Å²) >= 11 is 0. The molecular weight excluding hydrogens is 368 g/mol. The number of nitrogens with zero attached hydrogens (tertiary/aromatic N) is 3. The second-order valence-electron chi connectivity index (χ2n) is 6.94. The van der Waals surface area contributed by atoms with Gasteiger partial charge in [0, 0.05) is 12.1 Å². The minimum absolute atomic E-state index is 0.203. The molecule has 1 aliphatic rings. The zero-order chi connectivity index (χ0) is 20.5. The number of ketones is 1. The number of hydrogen-bond acceptors (Lipinski definition) is 5. The minimum atomic E-state index is -1.14. The molecule has 7 nitrogen and oxygen atoms in total. The molecule has 7 heteroatoms. The largest absolute Gasteiger partial charge is 0.340 e. The molecule has 0 spiro atoms. The van der Waals surface area contributed by atoms with E-state index in [1.54, 1.807) is 6.07 Å². The summed E-state index contributed by atoms with van der Waals surface area (Å²) in [7, 11) is 0. The van der Waals surface area contributed by atoms with Gasteiger partial charge in [-0.2, -0.15) is 5.26 Å². The van der Waals surface area contributed by atoms with Gasteiger partial charge in [-0.05, 0) is 30.7 Å². The molecule has 0 aliphatic carbocycles. The van der Waals surface area contributed by atoms with E-state index in [9.17, 15) is 19.6 Å². The number of aromatic amines is 1. The van der Waals surface area contributed by atoms with Gasteiger partial charge in [0.05, 0.1) is 28.2 Å². The summed E-state index contributed by atoms with van der Waals surface area (Å²) in [4.78, 5) is 46.7. The lowest BCUT2D eigenvalue weighted by atomic mass is 9.95. The summed E-state index contributed by atoms with van der Waals surface area (Å²) < 4.78 is 0. The molecule has 4 rings (SSSR count). The van der Waals surface area contributed by atoms with Crippen molar-refractivity contribution in [2.24, 2.45) is 0 Å². The number of unbranched alkanes of at least 4 members (excludes halogenated alkanes) is 1. The Hall–Kier alpha value is -3.79. The number of imidazole rings is 1. The normalized spacial score (nSPS) is 14.1. The fourth-order valence-corrected chi connectivity index (χ4v) is 3.48. The zero-order valence-electron chi connectivity index (χ0n) is 15.8. The molecule has 0 saturated heterocycles. The van der Waals surface area contributed by atoms with Gasteiger partial charge >= 0.3 is 0 Å². The van der Waals surface area contributed by atoms with Gasteiger partial charge in [0.2, 0.25) is 0 Å². The number of imide groups is 1. The van der Waals surface area contributed by atoms with E-state index in [0.717, 1.165) is 18.4 Å². The monoisotopic (exact) mass is 386 g/mol. The molecule has 1 N–H and O–H groups in total. The van der Waals surface area contributed by atoms with Crippen molar-refractivity contribution in [2.45, 2.75) is 25.7 Å². The van der Waals surface area contributed by atoms with Gasteiger partial charge in [0.25, 0.3) is 11.8 Å². The number of para-hydroxylation sites is 2.